The van der Waals surface area contributed by atoms with Crippen molar-refractivity contribution in [1.82, 2.24) is 5.32 Å². The summed E-state index contributed by atoms with van der Waals surface area (Å²) in [6, 6.07) is 4.56. The molecule has 0 unspecified atom stereocenters. The van der Waals surface area contributed by atoms with Crippen molar-refractivity contribution in [2.24, 2.45) is 0 Å². The Morgan fingerprint density at radius 1 is 1.27 bits per heavy atom. The predicted octanol–water partition coefficient (Wildman–Crippen LogP) is 2.00. The maximum Gasteiger partial charge on any atom is 0.231 e. The average molecular weight is 303 g/mol. The van der Waals surface area contributed by atoms with Gasteiger partial charge in [-0.3, -0.25) is 0 Å². The van der Waals surface area contributed by atoms with Gasteiger partial charge < -0.3 is 24.3 Å². The largest absolute Gasteiger partial charge is 0.493 e. The number of fused-ring (bicyclic) bond motifs is 2. The van der Waals surface area contributed by atoms with E-state index in [0.29, 0.717) is 11.8 Å². The lowest BCUT2D eigenvalue weighted by Crippen LogP contribution is -2.44. The molecule has 118 valence electrons. The zero-order chi connectivity index (χ0) is 15.2. The van der Waals surface area contributed by atoms with E-state index in [9.17, 15) is 0 Å². The van der Waals surface area contributed by atoms with Gasteiger partial charge in [0.1, 0.15) is 0 Å². The fourth-order valence-electron chi connectivity index (χ4n) is 3.91. The molecule has 0 saturated carbocycles. The highest BCUT2D eigenvalue weighted by Crippen LogP contribution is 2.49. The van der Waals surface area contributed by atoms with Crippen molar-refractivity contribution in [2.45, 2.75) is 30.4 Å². The van der Waals surface area contributed by atoms with Crippen molar-refractivity contribution >= 4 is 0 Å². The maximum absolute atomic E-state index is 5.59. The van der Waals surface area contributed by atoms with Crippen LogP contribution in [0, 0.1) is 0 Å². The van der Waals surface area contributed by atoms with E-state index in [1.165, 1.54) is 5.56 Å². The fraction of sp³-hybridized carbons (Fsp3) is 0.529. The second kappa shape index (κ2) is 5.18. The molecule has 1 aromatic rings. The highest BCUT2D eigenvalue weighted by atomic mass is 16.7. The number of rotatable bonds is 3. The molecule has 5 nitrogen and oxygen atoms in total. The van der Waals surface area contributed by atoms with Gasteiger partial charge in [0.15, 0.2) is 11.5 Å². The van der Waals surface area contributed by atoms with Crippen molar-refractivity contribution in [2.75, 3.05) is 27.6 Å². The molecule has 1 aromatic carbocycles. The van der Waals surface area contributed by atoms with Crippen LogP contribution < -0.4 is 19.5 Å². The van der Waals surface area contributed by atoms with Gasteiger partial charge in [-0.05, 0) is 37.1 Å². The highest BCUT2D eigenvalue weighted by Gasteiger charge is 2.46. The van der Waals surface area contributed by atoms with Gasteiger partial charge >= 0.3 is 0 Å². The summed E-state index contributed by atoms with van der Waals surface area (Å²) in [6.45, 7) is 1.26. The zero-order valence-electron chi connectivity index (χ0n) is 12.9. The van der Waals surface area contributed by atoms with Crippen LogP contribution in [-0.2, 0) is 10.2 Å². The summed E-state index contributed by atoms with van der Waals surface area (Å²) in [5.74, 6) is 2.23. The van der Waals surface area contributed by atoms with Gasteiger partial charge in [-0.1, -0.05) is 12.2 Å². The number of nitrogens with one attached hydrogen (secondary N) is 1. The first-order chi connectivity index (χ1) is 10.8. The Labute approximate surface area is 130 Å². The van der Waals surface area contributed by atoms with Crippen LogP contribution in [0.5, 0.6) is 17.2 Å². The van der Waals surface area contributed by atoms with Crippen molar-refractivity contribution in [1.29, 1.82) is 0 Å². The lowest BCUT2D eigenvalue weighted by molar-refractivity contribution is 0.111. The molecular formula is C17H21NO4. The summed E-state index contributed by atoms with van der Waals surface area (Å²) >= 11 is 0. The molecule has 0 spiro atoms. The number of hydrogen-bond donors (Lipinski definition) is 1. The zero-order valence-corrected chi connectivity index (χ0v) is 12.9. The standard InChI is InChI=1S/C17H21NO4/c1-19-12-3-4-17(5-6-18-15(17)9-12)11-7-13(20-2)16-14(8-11)21-10-22-16/h3-4,7-8,12,15,18H,5-6,9-10H2,1-2H3/t12-,15+,17+/m0/s1. The summed E-state index contributed by atoms with van der Waals surface area (Å²) in [6.07, 6.45) is 6.70. The third-order valence-corrected chi connectivity index (χ3v) is 5.13. The second-order valence-electron chi connectivity index (χ2n) is 6.08. The van der Waals surface area contributed by atoms with Gasteiger partial charge in [0, 0.05) is 18.6 Å². The lowest BCUT2D eigenvalue weighted by atomic mass is 9.69. The Bertz CT molecular complexity index is 615. The molecule has 2 aliphatic heterocycles. The summed E-state index contributed by atoms with van der Waals surface area (Å²) in [4.78, 5) is 0. The van der Waals surface area contributed by atoms with Gasteiger partial charge in [-0.25, -0.2) is 0 Å². The Kier molecular flexibility index (Phi) is 3.27. The van der Waals surface area contributed by atoms with Crippen LogP contribution in [0.15, 0.2) is 24.3 Å². The molecule has 1 saturated heterocycles. The first-order valence-electron chi connectivity index (χ1n) is 7.70. The summed E-state index contributed by atoms with van der Waals surface area (Å²) in [5.41, 5.74) is 1.19. The summed E-state index contributed by atoms with van der Waals surface area (Å²) in [5, 5.41) is 3.62. The number of ether oxygens (including phenoxy) is 4. The Balaban J connectivity index is 1.80. The SMILES string of the molecule is COc1cc([C@]23C=C[C@H](OC)C[C@H]2NCC3)cc2c1OCO2. The summed E-state index contributed by atoms with van der Waals surface area (Å²) < 4.78 is 22.1. The molecule has 4 rings (SSSR count). The van der Waals surface area contributed by atoms with Crippen LogP contribution in [0.4, 0.5) is 0 Å². The Morgan fingerprint density at radius 3 is 3.00 bits per heavy atom. The molecule has 22 heavy (non-hydrogen) atoms. The molecule has 0 radical (unpaired) electrons. The number of methoxy groups -OCH3 is 2. The summed E-state index contributed by atoms with van der Waals surface area (Å²) in [7, 11) is 3.43. The third-order valence-electron chi connectivity index (χ3n) is 5.13. The minimum absolute atomic E-state index is 0.0245. The van der Waals surface area contributed by atoms with Gasteiger partial charge in [0.05, 0.1) is 13.2 Å². The molecule has 3 aliphatic rings. The molecular weight excluding hydrogens is 282 g/mol. The van der Waals surface area contributed by atoms with E-state index in [2.05, 4.69) is 29.6 Å². The average Bonchev–Trinajstić information content (AvgIpc) is 3.19. The Morgan fingerprint density at radius 2 is 2.18 bits per heavy atom. The number of hydrogen-bond acceptors (Lipinski definition) is 5. The van der Waals surface area contributed by atoms with E-state index in [1.54, 1.807) is 14.2 Å². The molecule has 1 fully saturated rings. The topological polar surface area (TPSA) is 49.0 Å². The molecule has 2 heterocycles. The minimum Gasteiger partial charge on any atom is -0.493 e. The molecule has 0 amide bonds. The van der Waals surface area contributed by atoms with Crippen LogP contribution in [0.2, 0.25) is 0 Å². The predicted molar refractivity (Wildman–Crippen MR) is 81.8 cm³/mol. The van der Waals surface area contributed by atoms with Crippen LogP contribution >= 0.6 is 0 Å². The minimum atomic E-state index is -0.0245. The van der Waals surface area contributed by atoms with Crippen LogP contribution in [0.3, 0.4) is 0 Å². The van der Waals surface area contributed by atoms with Gasteiger partial charge in [0.25, 0.3) is 0 Å². The van der Waals surface area contributed by atoms with E-state index in [0.717, 1.165) is 30.9 Å². The van der Waals surface area contributed by atoms with Crippen molar-refractivity contribution in [3.05, 3.63) is 29.8 Å². The van der Waals surface area contributed by atoms with E-state index in [-0.39, 0.29) is 18.3 Å². The van der Waals surface area contributed by atoms with Gasteiger partial charge in [0.2, 0.25) is 12.5 Å². The normalized spacial score (nSPS) is 32.1. The highest BCUT2D eigenvalue weighted by molar-refractivity contribution is 5.58. The quantitative estimate of drug-likeness (QED) is 0.866. The first kappa shape index (κ1) is 13.9. The van der Waals surface area contributed by atoms with Crippen molar-refractivity contribution in [3.8, 4) is 17.2 Å². The monoisotopic (exact) mass is 303 g/mol. The lowest BCUT2D eigenvalue weighted by Gasteiger charge is -2.38. The van der Waals surface area contributed by atoms with Crippen LogP contribution in [0.25, 0.3) is 0 Å². The number of benzene rings is 1. The fourth-order valence-corrected chi connectivity index (χ4v) is 3.91. The maximum atomic E-state index is 5.59. The molecule has 0 aromatic heterocycles. The van der Waals surface area contributed by atoms with E-state index in [4.69, 9.17) is 18.9 Å². The van der Waals surface area contributed by atoms with Gasteiger partial charge in [-0.2, -0.15) is 0 Å². The molecule has 1 aliphatic carbocycles. The van der Waals surface area contributed by atoms with Crippen molar-refractivity contribution < 1.29 is 18.9 Å². The Hall–Kier alpha value is -1.72. The smallest absolute Gasteiger partial charge is 0.231 e. The van der Waals surface area contributed by atoms with Gasteiger partial charge in [-0.15, -0.1) is 0 Å². The molecule has 5 heteroatoms. The molecule has 1 N–H and O–H groups in total. The first-order valence-corrected chi connectivity index (χ1v) is 7.70. The van der Waals surface area contributed by atoms with Crippen LogP contribution in [0.1, 0.15) is 18.4 Å². The molecule has 0 bridgehead atoms. The van der Waals surface area contributed by atoms with Crippen LogP contribution in [-0.4, -0.2) is 39.7 Å². The van der Waals surface area contributed by atoms with E-state index >= 15 is 0 Å². The second-order valence-corrected chi connectivity index (χ2v) is 6.08. The third kappa shape index (κ3) is 1.92. The van der Waals surface area contributed by atoms with E-state index < -0.39 is 0 Å². The molecule has 3 atom stereocenters. The van der Waals surface area contributed by atoms with E-state index in [1.807, 2.05) is 0 Å². The van der Waals surface area contributed by atoms with Crippen molar-refractivity contribution in [3.63, 3.8) is 0 Å².